The summed E-state index contributed by atoms with van der Waals surface area (Å²) in [5.41, 5.74) is 1.25. The van der Waals surface area contributed by atoms with Crippen molar-refractivity contribution in [3.8, 4) is 0 Å². The second-order valence-electron chi connectivity index (χ2n) is 6.31. The zero-order valence-electron chi connectivity index (χ0n) is 14.7. The third kappa shape index (κ3) is 5.23. The third-order valence-corrected chi connectivity index (χ3v) is 3.94. The fourth-order valence-corrected chi connectivity index (χ4v) is 2.64. The second-order valence-corrected chi connectivity index (χ2v) is 6.31. The van der Waals surface area contributed by atoms with Crippen molar-refractivity contribution >= 4 is 17.6 Å². The molecule has 24 heavy (non-hydrogen) atoms. The van der Waals surface area contributed by atoms with Crippen molar-refractivity contribution in [3.05, 3.63) is 29.8 Å². The average Bonchev–Trinajstić information content (AvgIpc) is 3.05. The minimum absolute atomic E-state index is 0.0906. The second kappa shape index (κ2) is 8.68. The summed E-state index contributed by atoms with van der Waals surface area (Å²) in [6, 6.07) is 6.85. The van der Waals surface area contributed by atoms with E-state index >= 15 is 0 Å². The van der Waals surface area contributed by atoms with Crippen LogP contribution in [0.25, 0.3) is 0 Å². The maximum atomic E-state index is 12.4. The van der Waals surface area contributed by atoms with Gasteiger partial charge in [0.2, 0.25) is 0 Å². The van der Waals surface area contributed by atoms with E-state index in [0.717, 1.165) is 19.4 Å². The minimum atomic E-state index is -0.146. The summed E-state index contributed by atoms with van der Waals surface area (Å²) in [5.74, 6) is -0.114. The van der Waals surface area contributed by atoms with Crippen molar-refractivity contribution < 1.29 is 14.3 Å². The normalized spacial score (nSPS) is 16.9. The molecule has 6 heteroatoms. The Morgan fingerprint density at radius 1 is 1.29 bits per heavy atom. The molecule has 1 aliphatic heterocycles. The molecule has 6 nitrogen and oxygen atoms in total. The Labute approximate surface area is 143 Å². The number of nitrogens with zero attached hydrogens (tertiary/aromatic N) is 1. The predicted molar refractivity (Wildman–Crippen MR) is 94.3 cm³/mol. The Morgan fingerprint density at radius 2 is 2.00 bits per heavy atom. The van der Waals surface area contributed by atoms with E-state index in [1.54, 1.807) is 29.2 Å². The van der Waals surface area contributed by atoms with Crippen molar-refractivity contribution in [1.82, 2.24) is 10.2 Å². The van der Waals surface area contributed by atoms with Crippen LogP contribution >= 0.6 is 0 Å². The summed E-state index contributed by atoms with van der Waals surface area (Å²) in [7, 11) is 0. The van der Waals surface area contributed by atoms with Gasteiger partial charge in [-0.15, -0.1) is 0 Å². The molecule has 1 heterocycles. The first-order chi connectivity index (χ1) is 11.5. The van der Waals surface area contributed by atoms with E-state index in [2.05, 4.69) is 10.6 Å². The Kier molecular flexibility index (Phi) is 6.61. The first kappa shape index (κ1) is 18.3. The molecule has 0 saturated carbocycles. The number of rotatable bonds is 6. The fourth-order valence-electron chi connectivity index (χ4n) is 2.64. The molecule has 0 aromatic heterocycles. The van der Waals surface area contributed by atoms with E-state index < -0.39 is 0 Å². The van der Waals surface area contributed by atoms with Crippen molar-refractivity contribution in [2.75, 3.05) is 25.0 Å². The number of ether oxygens (including phenoxy) is 1. The highest BCUT2D eigenvalue weighted by Gasteiger charge is 2.21. The first-order valence-corrected chi connectivity index (χ1v) is 8.58. The van der Waals surface area contributed by atoms with Crippen molar-refractivity contribution in [2.45, 2.75) is 45.8 Å². The molecule has 2 N–H and O–H groups in total. The van der Waals surface area contributed by atoms with E-state index in [-0.39, 0.29) is 24.1 Å². The van der Waals surface area contributed by atoms with Crippen LogP contribution in [0.2, 0.25) is 0 Å². The lowest BCUT2D eigenvalue weighted by Crippen LogP contribution is -2.40. The smallest absolute Gasteiger partial charge is 0.321 e. The number of hydrogen-bond donors (Lipinski definition) is 2. The van der Waals surface area contributed by atoms with E-state index in [1.165, 1.54) is 0 Å². The van der Waals surface area contributed by atoms with Gasteiger partial charge in [-0.2, -0.15) is 0 Å². The molecule has 1 saturated heterocycles. The maximum absolute atomic E-state index is 12.4. The Hall–Kier alpha value is -2.08. The fraction of sp³-hybridized carbons (Fsp3) is 0.556. The predicted octanol–water partition coefficient (Wildman–Crippen LogP) is 2.86. The van der Waals surface area contributed by atoms with Crippen LogP contribution in [-0.4, -0.2) is 48.7 Å². The van der Waals surface area contributed by atoms with Crippen LogP contribution in [0.4, 0.5) is 10.5 Å². The van der Waals surface area contributed by atoms with Gasteiger partial charge in [-0.25, -0.2) is 4.79 Å². The standard InChI is InChI=1S/C18H27N3O3/c1-4-21(12-16-6-5-11-24-16)18(23)20-15-9-7-14(8-10-15)17(22)19-13(2)3/h7-10,13,16H,4-6,11-12H2,1-3H3,(H,19,22)(H,20,23)/t16-/m0/s1. The van der Waals surface area contributed by atoms with E-state index in [9.17, 15) is 9.59 Å². The number of amides is 3. The highest BCUT2D eigenvalue weighted by molar-refractivity contribution is 5.95. The summed E-state index contributed by atoms with van der Waals surface area (Å²) in [4.78, 5) is 26.0. The number of urea groups is 1. The van der Waals surface area contributed by atoms with Gasteiger partial charge < -0.3 is 20.3 Å². The number of likely N-dealkylation sites (N-methyl/N-ethyl adjacent to an activating group) is 1. The molecule has 0 aliphatic carbocycles. The highest BCUT2D eigenvalue weighted by atomic mass is 16.5. The maximum Gasteiger partial charge on any atom is 0.321 e. The van der Waals surface area contributed by atoms with Gasteiger partial charge in [-0.3, -0.25) is 4.79 Å². The molecule has 132 valence electrons. The molecule has 0 spiro atoms. The largest absolute Gasteiger partial charge is 0.376 e. The van der Waals surface area contributed by atoms with Gasteiger partial charge in [0.1, 0.15) is 0 Å². The molecule has 1 atom stereocenters. The highest BCUT2D eigenvalue weighted by Crippen LogP contribution is 2.15. The van der Waals surface area contributed by atoms with E-state index in [0.29, 0.717) is 24.3 Å². The number of anilines is 1. The number of carbonyl (C=O) groups excluding carboxylic acids is 2. The lowest BCUT2D eigenvalue weighted by Gasteiger charge is -2.24. The topological polar surface area (TPSA) is 70.7 Å². The molecule has 0 bridgehead atoms. The Bertz CT molecular complexity index is 551. The van der Waals surface area contributed by atoms with Gasteiger partial charge in [0, 0.05) is 37.0 Å². The Balaban J connectivity index is 1.91. The van der Waals surface area contributed by atoms with Crippen LogP contribution in [0.15, 0.2) is 24.3 Å². The zero-order chi connectivity index (χ0) is 17.5. The summed E-state index contributed by atoms with van der Waals surface area (Å²) in [5, 5.41) is 5.71. The summed E-state index contributed by atoms with van der Waals surface area (Å²) in [6.45, 7) is 7.80. The summed E-state index contributed by atoms with van der Waals surface area (Å²) < 4.78 is 5.59. The number of benzene rings is 1. The van der Waals surface area contributed by atoms with Crippen molar-refractivity contribution in [1.29, 1.82) is 0 Å². The molecule has 1 aliphatic rings. The third-order valence-electron chi connectivity index (χ3n) is 3.94. The molecule has 3 amide bonds. The van der Waals surface area contributed by atoms with Crippen LogP contribution in [0.5, 0.6) is 0 Å². The van der Waals surface area contributed by atoms with Crippen LogP contribution in [0, 0.1) is 0 Å². The van der Waals surface area contributed by atoms with Gasteiger partial charge in [0.15, 0.2) is 0 Å². The van der Waals surface area contributed by atoms with Gasteiger partial charge >= 0.3 is 6.03 Å². The summed E-state index contributed by atoms with van der Waals surface area (Å²) in [6.07, 6.45) is 2.20. The van der Waals surface area contributed by atoms with Crippen LogP contribution in [-0.2, 0) is 4.74 Å². The number of hydrogen-bond acceptors (Lipinski definition) is 3. The van der Waals surface area contributed by atoms with Crippen LogP contribution in [0.3, 0.4) is 0 Å². The molecular formula is C18H27N3O3. The SMILES string of the molecule is CCN(C[C@@H]1CCCO1)C(=O)Nc1ccc(C(=O)NC(C)C)cc1. The molecular weight excluding hydrogens is 306 g/mol. The summed E-state index contributed by atoms with van der Waals surface area (Å²) >= 11 is 0. The van der Waals surface area contributed by atoms with Gasteiger partial charge in [0.05, 0.1) is 6.10 Å². The number of nitrogens with one attached hydrogen (secondary N) is 2. The monoisotopic (exact) mass is 333 g/mol. The lowest BCUT2D eigenvalue weighted by molar-refractivity contribution is 0.0849. The minimum Gasteiger partial charge on any atom is -0.376 e. The molecule has 1 aromatic carbocycles. The van der Waals surface area contributed by atoms with Crippen LogP contribution < -0.4 is 10.6 Å². The first-order valence-electron chi connectivity index (χ1n) is 8.58. The Morgan fingerprint density at radius 3 is 2.54 bits per heavy atom. The number of carbonyl (C=O) groups is 2. The zero-order valence-corrected chi connectivity index (χ0v) is 14.7. The molecule has 0 unspecified atom stereocenters. The van der Waals surface area contributed by atoms with E-state index in [1.807, 2.05) is 20.8 Å². The quantitative estimate of drug-likeness (QED) is 0.841. The average molecular weight is 333 g/mol. The molecule has 1 fully saturated rings. The van der Waals surface area contributed by atoms with Crippen LogP contribution in [0.1, 0.15) is 44.0 Å². The molecule has 0 radical (unpaired) electrons. The van der Waals surface area contributed by atoms with Gasteiger partial charge in [-0.05, 0) is 57.9 Å². The lowest BCUT2D eigenvalue weighted by atomic mass is 10.2. The van der Waals surface area contributed by atoms with Gasteiger partial charge in [-0.1, -0.05) is 0 Å². The van der Waals surface area contributed by atoms with Crippen molar-refractivity contribution in [3.63, 3.8) is 0 Å². The van der Waals surface area contributed by atoms with Crippen molar-refractivity contribution in [2.24, 2.45) is 0 Å². The molecule has 2 rings (SSSR count). The molecule has 1 aromatic rings. The van der Waals surface area contributed by atoms with E-state index in [4.69, 9.17) is 4.74 Å². The van der Waals surface area contributed by atoms with Gasteiger partial charge in [0.25, 0.3) is 5.91 Å².